The number of benzene rings is 1. The molecular weight excluding hydrogens is 570 g/mol. The fraction of sp³-hybridized carbons (Fsp3) is 0.355. The number of nitrogens with one attached hydrogen (secondary N) is 3. The molecule has 4 aromatic rings. The van der Waals surface area contributed by atoms with Crippen LogP contribution in [0.3, 0.4) is 0 Å². The summed E-state index contributed by atoms with van der Waals surface area (Å²) in [5.41, 5.74) is -0.174. The molecule has 1 aliphatic carbocycles. The number of nitriles is 1. The Morgan fingerprint density at radius 2 is 1.80 bits per heavy atom. The molecule has 0 bridgehead atoms. The van der Waals surface area contributed by atoms with Crippen LogP contribution >= 0.6 is 0 Å². The van der Waals surface area contributed by atoms with E-state index >= 15 is 0 Å². The Morgan fingerprint density at radius 1 is 1.07 bits per heavy atom. The summed E-state index contributed by atoms with van der Waals surface area (Å²) in [7, 11) is 0. The molecule has 13 heteroatoms. The van der Waals surface area contributed by atoms with E-state index < -0.39 is 35.9 Å². The first-order chi connectivity index (χ1) is 21.0. The summed E-state index contributed by atoms with van der Waals surface area (Å²) in [5.74, 6) is -1.25. The number of aliphatic hydroxyl groups is 1. The molecule has 44 heavy (non-hydrogen) atoms. The van der Waals surface area contributed by atoms with Gasteiger partial charge in [-0.2, -0.15) is 15.0 Å². The maximum Gasteiger partial charge on any atom is 0.255 e. The Bertz CT molecular complexity index is 1720. The van der Waals surface area contributed by atoms with E-state index in [9.17, 15) is 28.7 Å². The predicted molar refractivity (Wildman–Crippen MR) is 158 cm³/mol. The molecule has 1 atom stereocenters. The van der Waals surface area contributed by atoms with E-state index in [1.807, 2.05) is 6.07 Å². The smallest absolute Gasteiger partial charge is 0.255 e. The van der Waals surface area contributed by atoms with Crippen molar-refractivity contribution >= 4 is 28.5 Å². The highest BCUT2D eigenvalue weighted by Crippen LogP contribution is 2.27. The van der Waals surface area contributed by atoms with Gasteiger partial charge < -0.3 is 21.1 Å². The van der Waals surface area contributed by atoms with Gasteiger partial charge in [0.25, 0.3) is 11.8 Å². The minimum Gasteiger partial charge on any atom is -0.387 e. The van der Waals surface area contributed by atoms with E-state index in [4.69, 9.17) is 0 Å². The Labute approximate surface area is 252 Å². The highest BCUT2D eigenvalue weighted by molar-refractivity contribution is 5.99. The molecular formula is C31H32F2N8O3. The summed E-state index contributed by atoms with van der Waals surface area (Å²) in [5, 5.41) is 33.0. The van der Waals surface area contributed by atoms with Gasteiger partial charge in [0.2, 0.25) is 0 Å². The molecule has 1 aromatic carbocycles. The molecule has 0 aliphatic heterocycles. The third-order valence-electron chi connectivity index (χ3n) is 7.64. The minimum absolute atomic E-state index is 0.00250. The van der Waals surface area contributed by atoms with E-state index in [0.717, 1.165) is 0 Å². The normalized spacial score (nSPS) is 17.5. The van der Waals surface area contributed by atoms with Crippen molar-refractivity contribution in [3.8, 4) is 11.9 Å². The molecule has 3 aromatic heterocycles. The molecule has 0 radical (unpaired) electrons. The van der Waals surface area contributed by atoms with Crippen molar-refractivity contribution in [1.29, 1.82) is 5.26 Å². The number of halogens is 2. The van der Waals surface area contributed by atoms with E-state index in [-0.39, 0.29) is 23.2 Å². The lowest BCUT2D eigenvalue weighted by Crippen LogP contribution is -2.42. The lowest BCUT2D eigenvalue weighted by Gasteiger charge is -2.31. The number of hydrogen-bond donors (Lipinski definition) is 4. The lowest BCUT2D eigenvalue weighted by atomic mass is 9.90. The molecule has 1 fully saturated rings. The Hall–Kier alpha value is -4.96. The molecule has 0 saturated heterocycles. The van der Waals surface area contributed by atoms with Crippen LogP contribution in [0.1, 0.15) is 65.8 Å². The standard InChI is InChI=1S/C31H32F2N8O3/c1-31(2,44)26(33)17-37-29(42)23-16-35-27(41-28-19(15-38-41)11-18(13-34)14-36-28)12-25(23)39-20-7-9-21(10-8-20)40-30(43)22-5-3-4-6-24(22)32/h3-6,11-12,14-16,20-21,26,44H,7-10,17H2,1-2H3,(H,35,39)(H,37,42)(H,40,43)/t20-,21-,26-/m1/s1. The summed E-state index contributed by atoms with van der Waals surface area (Å²) in [6.07, 6.45) is 5.22. The third-order valence-corrected chi connectivity index (χ3v) is 7.64. The zero-order valence-corrected chi connectivity index (χ0v) is 24.2. The van der Waals surface area contributed by atoms with Gasteiger partial charge in [0, 0.05) is 35.9 Å². The molecule has 3 heterocycles. The molecule has 0 unspecified atom stereocenters. The fourth-order valence-corrected chi connectivity index (χ4v) is 5.05. The van der Waals surface area contributed by atoms with Crippen LogP contribution in [0, 0.1) is 17.1 Å². The molecule has 2 amide bonds. The molecule has 11 nitrogen and oxygen atoms in total. The monoisotopic (exact) mass is 602 g/mol. The average molecular weight is 603 g/mol. The second-order valence-corrected chi connectivity index (χ2v) is 11.4. The van der Waals surface area contributed by atoms with Gasteiger partial charge >= 0.3 is 0 Å². The molecule has 5 rings (SSSR count). The Morgan fingerprint density at radius 3 is 2.50 bits per heavy atom. The van der Waals surface area contributed by atoms with Crippen LogP contribution in [-0.4, -0.2) is 67.1 Å². The van der Waals surface area contributed by atoms with Crippen molar-refractivity contribution in [3.63, 3.8) is 0 Å². The lowest BCUT2D eigenvalue weighted by molar-refractivity contribution is -0.00178. The SMILES string of the molecule is CC(C)(O)[C@H](F)CNC(=O)c1cnc(-n2ncc3cc(C#N)cnc32)cc1N[C@H]1CC[C@H](NC(=O)c2ccccc2F)CC1. The van der Waals surface area contributed by atoms with Crippen molar-refractivity contribution in [2.45, 2.75) is 63.4 Å². The van der Waals surface area contributed by atoms with Gasteiger partial charge in [-0.15, -0.1) is 0 Å². The van der Waals surface area contributed by atoms with Gasteiger partial charge in [-0.3, -0.25) is 9.59 Å². The predicted octanol–water partition coefficient (Wildman–Crippen LogP) is 3.82. The molecule has 1 saturated carbocycles. The fourth-order valence-electron chi connectivity index (χ4n) is 5.05. The maximum atomic E-state index is 14.4. The first kappa shape index (κ1) is 30.5. The Kier molecular flexibility index (Phi) is 8.82. The zero-order valence-electron chi connectivity index (χ0n) is 24.2. The molecule has 0 spiro atoms. The summed E-state index contributed by atoms with van der Waals surface area (Å²) >= 11 is 0. The number of amides is 2. The van der Waals surface area contributed by atoms with Crippen LogP contribution in [-0.2, 0) is 0 Å². The van der Waals surface area contributed by atoms with Gasteiger partial charge in [0.15, 0.2) is 11.5 Å². The second-order valence-electron chi connectivity index (χ2n) is 11.4. The number of hydrogen-bond acceptors (Lipinski definition) is 8. The number of anilines is 1. The summed E-state index contributed by atoms with van der Waals surface area (Å²) in [4.78, 5) is 34.5. The minimum atomic E-state index is -1.69. The topological polar surface area (TPSA) is 158 Å². The van der Waals surface area contributed by atoms with Crippen molar-refractivity contribution in [3.05, 3.63) is 77.5 Å². The van der Waals surface area contributed by atoms with E-state index in [0.29, 0.717) is 53.8 Å². The van der Waals surface area contributed by atoms with Crippen LogP contribution < -0.4 is 16.0 Å². The van der Waals surface area contributed by atoms with Gasteiger partial charge in [-0.25, -0.2) is 18.7 Å². The number of carbonyl (C=O) groups is 2. The quantitative estimate of drug-likeness (QED) is 0.225. The van der Waals surface area contributed by atoms with Crippen LogP contribution in [0.5, 0.6) is 0 Å². The molecule has 1 aliphatic rings. The van der Waals surface area contributed by atoms with Crippen LogP contribution in [0.15, 0.2) is 55.0 Å². The third kappa shape index (κ3) is 6.81. The number of carbonyl (C=O) groups excluding carboxylic acids is 2. The summed E-state index contributed by atoms with van der Waals surface area (Å²) in [6.45, 7) is 2.25. The highest BCUT2D eigenvalue weighted by atomic mass is 19.1. The number of rotatable bonds is 9. The van der Waals surface area contributed by atoms with E-state index in [1.165, 1.54) is 49.1 Å². The number of nitrogens with zero attached hydrogens (tertiary/aromatic N) is 5. The van der Waals surface area contributed by atoms with Crippen LogP contribution in [0.2, 0.25) is 0 Å². The first-order valence-corrected chi connectivity index (χ1v) is 14.2. The number of aromatic nitrogens is 4. The highest BCUT2D eigenvalue weighted by Gasteiger charge is 2.28. The van der Waals surface area contributed by atoms with E-state index in [1.54, 1.807) is 24.4 Å². The van der Waals surface area contributed by atoms with Gasteiger partial charge in [0.05, 0.1) is 40.7 Å². The summed E-state index contributed by atoms with van der Waals surface area (Å²) < 4.78 is 29.9. The zero-order chi connectivity index (χ0) is 31.4. The second kappa shape index (κ2) is 12.7. The van der Waals surface area contributed by atoms with Crippen molar-refractivity contribution in [1.82, 2.24) is 30.4 Å². The average Bonchev–Trinajstić information content (AvgIpc) is 3.43. The number of fused-ring (bicyclic) bond motifs is 1. The number of alkyl halides is 1. The van der Waals surface area contributed by atoms with Crippen molar-refractivity contribution < 1.29 is 23.5 Å². The van der Waals surface area contributed by atoms with Gasteiger partial charge in [0.1, 0.15) is 18.1 Å². The maximum absolute atomic E-state index is 14.4. The first-order valence-electron chi connectivity index (χ1n) is 14.2. The van der Waals surface area contributed by atoms with Crippen molar-refractivity contribution in [2.24, 2.45) is 0 Å². The van der Waals surface area contributed by atoms with Crippen LogP contribution in [0.25, 0.3) is 16.9 Å². The van der Waals surface area contributed by atoms with Crippen LogP contribution in [0.4, 0.5) is 14.5 Å². The van der Waals surface area contributed by atoms with E-state index in [2.05, 4.69) is 31.0 Å². The van der Waals surface area contributed by atoms with Crippen molar-refractivity contribution in [2.75, 3.05) is 11.9 Å². The molecule has 228 valence electrons. The Balaban J connectivity index is 1.34. The number of pyridine rings is 2. The largest absolute Gasteiger partial charge is 0.387 e. The van der Waals surface area contributed by atoms with Gasteiger partial charge in [-0.1, -0.05) is 12.1 Å². The van der Waals surface area contributed by atoms with Gasteiger partial charge in [-0.05, 0) is 57.7 Å². The summed E-state index contributed by atoms with van der Waals surface area (Å²) in [6, 6.07) is 11.0. The molecule has 4 N–H and O–H groups in total.